The Bertz CT molecular complexity index is 787. The van der Waals surface area contributed by atoms with E-state index in [9.17, 15) is 14.0 Å². The molecule has 1 aromatic heterocycles. The van der Waals surface area contributed by atoms with Crippen LogP contribution in [0.1, 0.15) is 26.5 Å². The number of carbonyl (C=O) groups is 2. The van der Waals surface area contributed by atoms with Crippen molar-refractivity contribution in [2.45, 2.75) is 12.8 Å². The van der Waals surface area contributed by atoms with E-state index in [1.807, 2.05) is 23.8 Å². The number of benzene rings is 1. The molecule has 25 heavy (non-hydrogen) atoms. The predicted octanol–water partition coefficient (Wildman–Crippen LogP) is 4.15. The van der Waals surface area contributed by atoms with Gasteiger partial charge >= 0.3 is 0 Å². The molecule has 0 fully saturated rings. The molecule has 1 aromatic carbocycles. The molecule has 0 radical (unpaired) electrons. The second-order valence-electron chi connectivity index (χ2n) is 5.17. The zero-order chi connectivity index (χ0) is 18.2. The number of halogens is 1. The van der Waals surface area contributed by atoms with Gasteiger partial charge in [0.2, 0.25) is 5.91 Å². The number of thiophene rings is 1. The Morgan fingerprint density at radius 3 is 2.80 bits per heavy atom. The van der Waals surface area contributed by atoms with E-state index in [0.717, 1.165) is 4.88 Å². The van der Waals surface area contributed by atoms with Gasteiger partial charge in [0.25, 0.3) is 5.91 Å². The number of hydrogen-bond acceptors (Lipinski definition) is 4. The van der Waals surface area contributed by atoms with Crippen LogP contribution in [0.2, 0.25) is 0 Å². The molecule has 2 N–H and O–H groups in total. The Hall–Kier alpha value is -2.12. The van der Waals surface area contributed by atoms with Crippen molar-refractivity contribution < 1.29 is 14.0 Å². The summed E-state index contributed by atoms with van der Waals surface area (Å²) < 4.78 is 13.9. The predicted molar refractivity (Wildman–Crippen MR) is 104 cm³/mol. The van der Waals surface area contributed by atoms with Crippen LogP contribution in [0.5, 0.6) is 0 Å². The van der Waals surface area contributed by atoms with E-state index in [2.05, 4.69) is 10.6 Å². The van der Waals surface area contributed by atoms with Gasteiger partial charge in [-0.05, 0) is 60.1 Å². The lowest BCUT2D eigenvalue weighted by molar-refractivity contribution is -0.120. The summed E-state index contributed by atoms with van der Waals surface area (Å²) in [6, 6.07) is 8.02. The molecule has 132 valence electrons. The standard InChI is InChI=1S/C18H19FN2O2S2/c1-20-17(22)8-3-12-11-13(4-6-15(12)19)21-18(23)16-7-5-14(25-16)9-10-24-2/h4-7,9-11H,3,8H2,1-2H3,(H,20,22)(H,21,23)/b10-9-. The molecule has 2 rings (SSSR count). The quantitative estimate of drug-likeness (QED) is 0.761. The maximum atomic E-state index is 13.9. The summed E-state index contributed by atoms with van der Waals surface area (Å²) in [6.45, 7) is 0. The second kappa shape index (κ2) is 9.39. The molecular formula is C18H19FN2O2S2. The van der Waals surface area contributed by atoms with Crippen LogP contribution in [0.4, 0.5) is 10.1 Å². The minimum absolute atomic E-state index is 0.154. The van der Waals surface area contributed by atoms with Crippen molar-refractivity contribution in [3.05, 3.63) is 56.9 Å². The third kappa shape index (κ3) is 5.72. The minimum atomic E-state index is -0.387. The molecular weight excluding hydrogens is 359 g/mol. The molecule has 0 bridgehead atoms. The average molecular weight is 378 g/mol. The van der Waals surface area contributed by atoms with Crippen LogP contribution in [0.25, 0.3) is 6.08 Å². The first kappa shape index (κ1) is 19.2. The van der Waals surface area contributed by atoms with Gasteiger partial charge in [-0.3, -0.25) is 9.59 Å². The van der Waals surface area contributed by atoms with Crippen molar-refractivity contribution >= 4 is 46.7 Å². The highest BCUT2D eigenvalue weighted by atomic mass is 32.2. The third-order valence-corrected chi connectivity index (χ3v) is 4.88. The van der Waals surface area contributed by atoms with Gasteiger partial charge in [-0.2, -0.15) is 0 Å². The van der Waals surface area contributed by atoms with Crippen molar-refractivity contribution in [1.29, 1.82) is 0 Å². The minimum Gasteiger partial charge on any atom is -0.359 e. The van der Waals surface area contributed by atoms with Gasteiger partial charge in [-0.15, -0.1) is 23.1 Å². The number of rotatable bonds is 7. The Kier molecular flexibility index (Phi) is 7.21. The van der Waals surface area contributed by atoms with E-state index in [4.69, 9.17) is 0 Å². The van der Waals surface area contributed by atoms with Gasteiger partial charge in [0.15, 0.2) is 0 Å². The van der Waals surface area contributed by atoms with Crippen LogP contribution in [-0.4, -0.2) is 25.1 Å². The van der Waals surface area contributed by atoms with E-state index in [1.54, 1.807) is 30.9 Å². The highest BCUT2D eigenvalue weighted by Gasteiger charge is 2.11. The SMILES string of the molecule is CNC(=O)CCc1cc(NC(=O)c2ccc(/C=C\SC)s2)ccc1F. The van der Waals surface area contributed by atoms with Crippen LogP contribution < -0.4 is 10.6 Å². The Labute approximate surface area is 154 Å². The molecule has 0 unspecified atom stereocenters. The van der Waals surface area contributed by atoms with Crippen molar-refractivity contribution in [1.82, 2.24) is 5.32 Å². The molecule has 0 spiro atoms. The van der Waals surface area contributed by atoms with E-state index in [0.29, 0.717) is 16.1 Å². The zero-order valence-corrected chi connectivity index (χ0v) is 15.6. The molecule has 0 aliphatic heterocycles. The smallest absolute Gasteiger partial charge is 0.265 e. The second-order valence-corrected chi connectivity index (χ2v) is 7.03. The fraction of sp³-hybridized carbons (Fsp3) is 0.222. The van der Waals surface area contributed by atoms with Crippen LogP contribution in [-0.2, 0) is 11.2 Å². The summed E-state index contributed by atoms with van der Waals surface area (Å²) in [4.78, 5) is 25.2. The summed E-state index contributed by atoms with van der Waals surface area (Å²) in [7, 11) is 1.54. The molecule has 1 heterocycles. The zero-order valence-electron chi connectivity index (χ0n) is 14.0. The molecule has 7 heteroatoms. The lowest BCUT2D eigenvalue weighted by atomic mass is 10.1. The number of aryl methyl sites for hydroxylation is 1. The highest BCUT2D eigenvalue weighted by Crippen LogP contribution is 2.22. The van der Waals surface area contributed by atoms with Gasteiger partial charge in [-0.25, -0.2) is 4.39 Å². The molecule has 0 atom stereocenters. The molecule has 0 saturated carbocycles. The summed E-state index contributed by atoms with van der Waals surface area (Å²) in [5.41, 5.74) is 0.907. The number of hydrogen-bond donors (Lipinski definition) is 2. The normalized spacial score (nSPS) is 10.8. The molecule has 4 nitrogen and oxygen atoms in total. The number of carbonyl (C=O) groups excluding carboxylic acids is 2. The van der Waals surface area contributed by atoms with Gasteiger partial charge in [0.1, 0.15) is 5.82 Å². The maximum absolute atomic E-state index is 13.9. The van der Waals surface area contributed by atoms with Crippen LogP contribution in [0, 0.1) is 5.82 Å². The third-order valence-electron chi connectivity index (χ3n) is 3.42. The molecule has 2 amide bonds. The summed E-state index contributed by atoms with van der Waals surface area (Å²) in [5.74, 6) is -0.779. The lowest BCUT2D eigenvalue weighted by Gasteiger charge is -2.08. The lowest BCUT2D eigenvalue weighted by Crippen LogP contribution is -2.18. The van der Waals surface area contributed by atoms with Gasteiger partial charge in [0, 0.05) is 24.0 Å². The van der Waals surface area contributed by atoms with Crippen LogP contribution >= 0.6 is 23.1 Å². The summed E-state index contributed by atoms with van der Waals surface area (Å²) >= 11 is 2.97. The van der Waals surface area contributed by atoms with Crippen LogP contribution in [0.15, 0.2) is 35.7 Å². The van der Waals surface area contributed by atoms with Crippen molar-refractivity contribution in [3.63, 3.8) is 0 Å². The maximum Gasteiger partial charge on any atom is 0.265 e. The van der Waals surface area contributed by atoms with Gasteiger partial charge in [0.05, 0.1) is 4.88 Å². The van der Waals surface area contributed by atoms with E-state index < -0.39 is 0 Å². The fourth-order valence-corrected chi connectivity index (χ4v) is 3.28. The molecule has 2 aromatic rings. The molecule has 0 aliphatic carbocycles. The molecule has 0 saturated heterocycles. The first-order valence-electron chi connectivity index (χ1n) is 7.63. The first-order valence-corrected chi connectivity index (χ1v) is 9.73. The van der Waals surface area contributed by atoms with E-state index in [1.165, 1.54) is 23.5 Å². The van der Waals surface area contributed by atoms with Gasteiger partial charge < -0.3 is 10.6 Å². The van der Waals surface area contributed by atoms with Crippen molar-refractivity contribution in [2.24, 2.45) is 0 Å². The number of nitrogens with one attached hydrogen (secondary N) is 2. The number of thioether (sulfide) groups is 1. The topological polar surface area (TPSA) is 58.2 Å². The number of amides is 2. The fourth-order valence-electron chi connectivity index (χ4n) is 2.11. The largest absolute Gasteiger partial charge is 0.359 e. The van der Waals surface area contributed by atoms with Gasteiger partial charge in [-0.1, -0.05) is 0 Å². The first-order chi connectivity index (χ1) is 12.0. The summed E-state index contributed by atoms with van der Waals surface area (Å²) in [5, 5.41) is 7.23. The van der Waals surface area contributed by atoms with Crippen molar-refractivity contribution in [2.75, 3.05) is 18.6 Å². The van der Waals surface area contributed by atoms with Crippen molar-refractivity contribution in [3.8, 4) is 0 Å². The Balaban J connectivity index is 2.06. The monoisotopic (exact) mass is 378 g/mol. The van der Waals surface area contributed by atoms with E-state index in [-0.39, 0.29) is 30.5 Å². The highest BCUT2D eigenvalue weighted by molar-refractivity contribution is 8.01. The molecule has 0 aliphatic rings. The Morgan fingerprint density at radius 1 is 1.28 bits per heavy atom. The average Bonchev–Trinajstić information content (AvgIpc) is 3.09. The summed E-state index contributed by atoms with van der Waals surface area (Å²) in [6.07, 6.45) is 4.38. The Morgan fingerprint density at radius 2 is 2.08 bits per heavy atom. The van der Waals surface area contributed by atoms with Crippen LogP contribution in [0.3, 0.4) is 0 Å². The number of anilines is 1. The van der Waals surface area contributed by atoms with E-state index >= 15 is 0 Å².